The topological polar surface area (TPSA) is 90.3 Å². The van der Waals surface area contributed by atoms with Crippen molar-refractivity contribution >= 4 is 61.2 Å². The molecule has 0 unspecified atom stereocenters. The van der Waals surface area contributed by atoms with Gasteiger partial charge in [-0.2, -0.15) is 5.26 Å². The van der Waals surface area contributed by atoms with E-state index in [1.54, 1.807) is 24.3 Å². The van der Waals surface area contributed by atoms with E-state index in [1.807, 2.05) is 0 Å². The highest BCUT2D eigenvalue weighted by Gasteiger charge is 2.29. The van der Waals surface area contributed by atoms with Crippen LogP contribution in [0.15, 0.2) is 60.0 Å². The fourth-order valence-corrected chi connectivity index (χ4v) is 7.49. The molecule has 1 aromatic heterocycles. The van der Waals surface area contributed by atoms with Gasteiger partial charge in [0.1, 0.15) is 16.0 Å². The maximum atomic E-state index is 13.6. The standard InChI is InChI=1S/C25H21Cl2N3O3S2/c1-2-13-30(21-9-5-4-8-19(21)26)35(32,33)23-14-16(11-12-20(23)27)24(31)29-25-18(15-28)17-7-3-6-10-22(17)34-25/h2,4-5,8-9,11-12,14H,1,3,6-7,10,13H2,(H,29,31). The number of sulfonamides is 1. The van der Waals surface area contributed by atoms with Gasteiger partial charge in [-0.25, -0.2) is 8.42 Å². The number of rotatable bonds is 7. The van der Waals surface area contributed by atoms with E-state index in [-0.39, 0.29) is 32.7 Å². The van der Waals surface area contributed by atoms with E-state index in [4.69, 9.17) is 23.2 Å². The predicted octanol–water partition coefficient (Wildman–Crippen LogP) is 6.44. The largest absolute Gasteiger partial charge is 0.312 e. The van der Waals surface area contributed by atoms with Gasteiger partial charge in [0, 0.05) is 10.4 Å². The number of benzene rings is 2. The van der Waals surface area contributed by atoms with Gasteiger partial charge < -0.3 is 5.32 Å². The molecule has 1 amide bonds. The highest BCUT2D eigenvalue weighted by Crippen LogP contribution is 2.38. The Hall–Kier alpha value is -2.83. The van der Waals surface area contributed by atoms with Gasteiger partial charge in [0.15, 0.2) is 0 Å². The molecule has 0 radical (unpaired) electrons. The second-order valence-electron chi connectivity index (χ2n) is 7.90. The Morgan fingerprint density at radius 1 is 1.17 bits per heavy atom. The minimum Gasteiger partial charge on any atom is -0.312 e. The third-order valence-corrected chi connectivity index (χ3v) is 9.48. The highest BCUT2D eigenvalue weighted by molar-refractivity contribution is 7.93. The molecule has 1 heterocycles. The second-order valence-corrected chi connectivity index (χ2v) is 11.7. The molecule has 180 valence electrons. The van der Waals surface area contributed by atoms with Crippen LogP contribution in [0.25, 0.3) is 0 Å². The van der Waals surface area contributed by atoms with Crippen LogP contribution < -0.4 is 9.62 Å². The molecule has 3 aromatic rings. The number of hydrogen-bond donors (Lipinski definition) is 1. The van der Waals surface area contributed by atoms with Crippen molar-refractivity contribution in [2.24, 2.45) is 0 Å². The molecule has 4 rings (SSSR count). The summed E-state index contributed by atoms with van der Waals surface area (Å²) < 4.78 is 28.3. The number of anilines is 2. The summed E-state index contributed by atoms with van der Waals surface area (Å²) in [6, 6.07) is 12.8. The van der Waals surface area contributed by atoms with Crippen LogP contribution in [0.4, 0.5) is 10.7 Å². The molecule has 0 bridgehead atoms. The number of aryl methyl sites for hydroxylation is 1. The van der Waals surface area contributed by atoms with E-state index in [9.17, 15) is 18.5 Å². The molecule has 10 heteroatoms. The molecule has 0 aliphatic heterocycles. The molecule has 1 aliphatic rings. The van der Waals surface area contributed by atoms with Crippen LogP contribution in [-0.4, -0.2) is 20.9 Å². The number of nitrogens with zero attached hydrogens (tertiary/aromatic N) is 2. The SMILES string of the molecule is C=CCN(c1ccccc1Cl)S(=O)(=O)c1cc(C(=O)Nc2sc3c(c2C#N)CCCC3)ccc1Cl. The third kappa shape index (κ3) is 4.95. The van der Waals surface area contributed by atoms with Gasteiger partial charge in [-0.3, -0.25) is 9.10 Å². The molecular formula is C25H21Cl2N3O3S2. The second kappa shape index (κ2) is 10.4. The Bertz CT molecular complexity index is 1460. The Labute approximate surface area is 218 Å². The van der Waals surface area contributed by atoms with Crippen molar-refractivity contribution in [2.75, 3.05) is 16.2 Å². The first-order valence-electron chi connectivity index (χ1n) is 10.8. The first-order valence-corrected chi connectivity index (χ1v) is 13.8. The molecule has 35 heavy (non-hydrogen) atoms. The fourth-order valence-electron chi connectivity index (χ4n) is 4.01. The maximum absolute atomic E-state index is 13.6. The van der Waals surface area contributed by atoms with Crippen LogP contribution in [0.5, 0.6) is 0 Å². The Kier molecular flexibility index (Phi) is 7.53. The highest BCUT2D eigenvalue weighted by atomic mass is 35.5. The van der Waals surface area contributed by atoms with Gasteiger partial charge >= 0.3 is 0 Å². The molecule has 1 aliphatic carbocycles. The van der Waals surface area contributed by atoms with E-state index < -0.39 is 15.9 Å². The van der Waals surface area contributed by atoms with E-state index in [0.29, 0.717) is 10.6 Å². The Morgan fingerprint density at radius 3 is 2.63 bits per heavy atom. The molecule has 0 fully saturated rings. The van der Waals surface area contributed by atoms with Crippen LogP contribution in [0, 0.1) is 11.3 Å². The first kappa shape index (κ1) is 25.3. The zero-order valence-corrected chi connectivity index (χ0v) is 21.7. The van der Waals surface area contributed by atoms with Crippen LogP contribution in [0.1, 0.15) is 39.2 Å². The average Bonchev–Trinajstić information content (AvgIpc) is 3.20. The monoisotopic (exact) mass is 545 g/mol. The van der Waals surface area contributed by atoms with E-state index in [1.165, 1.54) is 35.6 Å². The summed E-state index contributed by atoms with van der Waals surface area (Å²) in [7, 11) is -4.20. The minimum atomic E-state index is -4.20. The van der Waals surface area contributed by atoms with Gasteiger partial charge in [0.25, 0.3) is 15.9 Å². The van der Waals surface area contributed by atoms with Crippen molar-refractivity contribution in [3.05, 3.63) is 86.7 Å². The van der Waals surface area contributed by atoms with Crippen molar-refractivity contribution < 1.29 is 13.2 Å². The number of nitriles is 1. The summed E-state index contributed by atoms with van der Waals surface area (Å²) in [5, 5.41) is 13.1. The lowest BCUT2D eigenvalue weighted by atomic mass is 9.96. The predicted molar refractivity (Wildman–Crippen MR) is 141 cm³/mol. The number of carbonyl (C=O) groups excluding carboxylic acids is 1. The summed E-state index contributed by atoms with van der Waals surface area (Å²) in [6.45, 7) is 3.60. The average molecular weight is 547 g/mol. The summed E-state index contributed by atoms with van der Waals surface area (Å²) >= 11 is 14.0. The molecule has 2 aromatic carbocycles. The van der Waals surface area contributed by atoms with Gasteiger partial charge in [0.2, 0.25) is 0 Å². The van der Waals surface area contributed by atoms with Crippen molar-refractivity contribution in [2.45, 2.75) is 30.6 Å². The molecular weight excluding hydrogens is 525 g/mol. The summed E-state index contributed by atoms with van der Waals surface area (Å²) in [5.74, 6) is -0.527. The zero-order valence-electron chi connectivity index (χ0n) is 18.6. The van der Waals surface area contributed by atoms with Crippen LogP contribution in [0.3, 0.4) is 0 Å². The lowest BCUT2D eigenvalue weighted by Gasteiger charge is -2.24. The maximum Gasteiger partial charge on any atom is 0.266 e. The van der Waals surface area contributed by atoms with Crippen LogP contribution in [0.2, 0.25) is 10.0 Å². The summed E-state index contributed by atoms with van der Waals surface area (Å²) in [5.41, 5.74) is 1.85. The molecule has 0 spiro atoms. The van der Waals surface area contributed by atoms with Gasteiger partial charge in [-0.05, 0) is 61.6 Å². The summed E-state index contributed by atoms with van der Waals surface area (Å²) in [6.07, 6.45) is 5.20. The van der Waals surface area contributed by atoms with Gasteiger partial charge in [0.05, 0.1) is 27.8 Å². The number of hydrogen-bond acceptors (Lipinski definition) is 5. The molecule has 0 saturated carbocycles. The minimum absolute atomic E-state index is 0.0352. The number of amides is 1. The number of fused-ring (bicyclic) bond motifs is 1. The smallest absolute Gasteiger partial charge is 0.266 e. The lowest BCUT2D eigenvalue weighted by molar-refractivity contribution is 0.102. The van der Waals surface area contributed by atoms with E-state index >= 15 is 0 Å². The van der Waals surface area contributed by atoms with E-state index in [0.717, 1.165) is 40.4 Å². The Morgan fingerprint density at radius 2 is 1.91 bits per heavy atom. The number of carbonyl (C=O) groups is 1. The van der Waals surface area contributed by atoms with Gasteiger partial charge in [-0.15, -0.1) is 17.9 Å². The quantitative estimate of drug-likeness (QED) is 0.346. The number of thiophene rings is 1. The normalized spacial score (nSPS) is 12.9. The molecule has 0 saturated heterocycles. The fraction of sp³-hybridized carbons (Fsp3) is 0.200. The zero-order chi connectivity index (χ0) is 25.2. The lowest BCUT2D eigenvalue weighted by Crippen LogP contribution is -2.32. The molecule has 6 nitrogen and oxygen atoms in total. The van der Waals surface area contributed by atoms with Crippen LogP contribution in [-0.2, 0) is 22.9 Å². The molecule has 0 atom stereocenters. The van der Waals surface area contributed by atoms with Crippen molar-refractivity contribution in [3.63, 3.8) is 0 Å². The Balaban J connectivity index is 1.70. The van der Waals surface area contributed by atoms with Crippen LogP contribution >= 0.6 is 34.5 Å². The van der Waals surface area contributed by atoms with Gasteiger partial charge in [-0.1, -0.05) is 41.4 Å². The third-order valence-electron chi connectivity index (χ3n) is 5.69. The van der Waals surface area contributed by atoms with Crippen molar-refractivity contribution in [1.29, 1.82) is 5.26 Å². The number of para-hydroxylation sites is 1. The number of nitrogens with one attached hydrogen (secondary N) is 1. The van der Waals surface area contributed by atoms with Crippen molar-refractivity contribution in [3.8, 4) is 6.07 Å². The van der Waals surface area contributed by atoms with Crippen molar-refractivity contribution in [1.82, 2.24) is 0 Å². The van der Waals surface area contributed by atoms with E-state index in [2.05, 4.69) is 18.0 Å². The summed E-state index contributed by atoms with van der Waals surface area (Å²) in [4.78, 5) is 14.0. The molecule has 1 N–H and O–H groups in total. The number of halogens is 2. The first-order chi connectivity index (χ1) is 16.8.